The van der Waals surface area contributed by atoms with Gasteiger partial charge in [0.1, 0.15) is 5.60 Å². The van der Waals surface area contributed by atoms with Gasteiger partial charge in [-0.05, 0) is 33.6 Å². The largest absolute Gasteiger partial charge is 0.444 e. The van der Waals surface area contributed by atoms with E-state index in [4.69, 9.17) is 9.47 Å². The number of amides is 1. The molecule has 1 aliphatic heterocycles. The molecule has 5 heteroatoms. The average Bonchev–Trinajstić information content (AvgIpc) is 2.16. The van der Waals surface area contributed by atoms with E-state index < -0.39 is 5.60 Å². The number of piperidine rings is 1. The fraction of sp³-hybridized carbons (Fsp3) is 0.909. The molecule has 1 rings (SSSR count). The lowest BCUT2D eigenvalue weighted by Crippen LogP contribution is -2.45. The van der Waals surface area contributed by atoms with Crippen LogP contribution in [0, 0.1) is 0 Å². The van der Waals surface area contributed by atoms with E-state index in [0.717, 1.165) is 19.4 Å². The number of hydrogen-bond acceptors (Lipinski definition) is 4. The standard InChI is InChI=1S/C11H21NO3S/c1-11(2,3)15-10(13)12-6-4-5-9(7-12)14-8-16/h9,16H,4-8H2,1-3H3. The molecule has 1 saturated heterocycles. The van der Waals surface area contributed by atoms with Gasteiger partial charge in [0.2, 0.25) is 0 Å². The van der Waals surface area contributed by atoms with Crippen molar-refractivity contribution in [3.8, 4) is 0 Å². The summed E-state index contributed by atoms with van der Waals surface area (Å²) in [6.45, 7) is 6.97. The molecule has 0 radical (unpaired) electrons. The normalized spacial score (nSPS) is 22.0. The molecule has 1 fully saturated rings. The van der Waals surface area contributed by atoms with E-state index in [1.165, 1.54) is 0 Å². The van der Waals surface area contributed by atoms with Crippen molar-refractivity contribution >= 4 is 18.7 Å². The van der Waals surface area contributed by atoms with Crippen LogP contribution in [0.15, 0.2) is 0 Å². The van der Waals surface area contributed by atoms with Crippen molar-refractivity contribution in [2.45, 2.75) is 45.3 Å². The third kappa shape index (κ3) is 4.61. The van der Waals surface area contributed by atoms with Gasteiger partial charge in [0.05, 0.1) is 18.6 Å². The molecule has 0 aliphatic carbocycles. The molecule has 0 spiro atoms. The van der Waals surface area contributed by atoms with E-state index in [0.29, 0.717) is 12.5 Å². The Kier molecular flexibility index (Phi) is 4.92. The summed E-state index contributed by atoms with van der Waals surface area (Å²) in [5.41, 5.74) is -0.436. The smallest absolute Gasteiger partial charge is 0.410 e. The van der Waals surface area contributed by atoms with Gasteiger partial charge in [0.15, 0.2) is 0 Å². The van der Waals surface area contributed by atoms with Crippen molar-refractivity contribution in [3.63, 3.8) is 0 Å². The predicted octanol–water partition coefficient (Wildman–Crippen LogP) is 2.29. The molecule has 1 atom stereocenters. The van der Waals surface area contributed by atoms with Crippen LogP contribution in [0.1, 0.15) is 33.6 Å². The topological polar surface area (TPSA) is 38.8 Å². The molecule has 0 aromatic heterocycles. The average molecular weight is 247 g/mol. The van der Waals surface area contributed by atoms with Gasteiger partial charge in [-0.3, -0.25) is 0 Å². The molecule has 1 amide bonds. The number of nitrogens with zero attached hydrogens (tertiary/aromatic N) is 1. The fourth-order valence-corrected chi connectivity index (χ4v) is 1.88. The molecule has 1 aliphatic rings. The molecule has 0 aromatic carbocycles. The van der Waals surface area contributed by atoms with Crippen LogP contribution >= 0.6 is 12.6 Å². The van der Waals surface area contributed by atoms with Crippen molar-refractivity contribution in [3.05, 3.63) is 0 Å². The maximum atomic E-state index is 11.8. The Balaban J connectivity index is 2.44. The maximum absolute atomic E-state index is 11.8. The summed E-state index contributed by atoms with van der Waals surface area (Å²) in [6.07, 6.45) is 1.79. The molecule has 1 heterocycles. The number of thiol groups is 1. The van der Waals surface area contributed by atoms with Crippen LogP contribution in [-0.2, 0) is 9.47 Å². The molecule has 1 unspecified atom stereocenters. The van der Waals surface area contributed by atoms with Gasteiger partial charge < -0.3 is 14.4 Å². The number of carbonyl (C=O) groups is 1. The van der Waals surface area contributed by atoms with Gasteiger partial charge in [-0.25, -0.2) is 4.79 Å². The SMILES string of the molecule is CC(C)(C)OC(=O)N1CCCC(OCS)C1. The minimum atomic E-state index is -0.436. The Bertz CT molecular complexity index is 238. The second-order valence-corrected chi connectivity index (χ2v) is 5.24. The van der Waals surface area contributed by atoms with Crippen LogP contribution in [0.4, 0.5) is 4.79 Å². The molecule has 0 aromatic rings. The van der Waals surface area contributed by atoms with E-state index >= 15 is 0 Å². The Morgan fingerprint density at radius 1 is 1.50 bits per heavy atom. The first-order valence-corrected chi connectivity index (χ1v) is 6.26. The highest BCUT2D eigenvalue weighted by atomic mass is 32.1. The molecular formula is C11H21NO3S. The zero-order valence-corrected chi connectivity index (χ0v) is 11.1. The Morgan fingerprint density at radius 3 is 2.75 bits per heavy atom. The zero-order chi connectivity index (χ0) is 12.2. The van der Waals surface area contributed by atoms with E-state index in [9.17, 15) is 4.79 Å². The summed E-state index contributed by atoms with van der Waals surface area (Å²) in [5, 5.41) is 0. The van der Waals surface area contributed by atoms with Crippen LogP contribution in [0.5, 0.6) is 0 Å². The van der Waals surface area contributed by atoms with Crippen LogP contribution in [-0.4, -0.2) is 41.7 Å². The number of likely N-dealkylation sites (tertiary alicyclic amines) is 1. The fourth-order valence-electron chi connectivity index (χ4n) is 1.67. The summed E-state index contributed by atoms with van der Waals surface area (Å²) in [4.78, 5) is 13.5. The Labute approximate surface area is 103 Å². The first-order chi connectivity index (χ1) is 7.42. The summed E-state index contributed by atoms with van der Waals surface area (Å²) in [6, 6.07) is 0. The molecule has 0 bridgehead atoms. The van der Waals surface area contributed by atoms with E-state index in [1.54, 1.807) is 4.90 Å². The van der Waals surface area contributed by atoms with Gasteiger partial charge in [0.25, 0.3) is 0 Å². The van der Waals surface area contributed by atoms with E-state index in [2.05, 4.69) is 12.6 Å². The molecule has 94 valence electrons. The van der Waals surface area contributed by atoms with Crippen LogP contribution in [0.25, 0.3) is 0 Å². The van der Waals surface area contributed by atoms with Crippen molar-refractivity contribution in [1.29, 1.82) is 0 Å². The third-order valence-corrected chi connectivity index (χ3v) is 2.49. The molecule has 0 N–H and O–H groups in total. The van der Waals surface area contributed by atoms with Crippen molar-refractivity contribution in [1.82, 2.24) is 4.90 Å². The second kappa shape index (κ2) is 5.77. The first-order valence-electron chi connectivity index (χ1n) is 5.63. The highest BCUT2D eigenvalue weighted by Gasteiger charge is 2.27. The van der Waals surface area contributed by atoms with E-state index in [-0.39, 0.29) is 12.2 Å². The summed E-state index contributed by atoms with van der Waals surface area (Å²) in [7, 11) is 0. The van der Waals surface area contributed by atoms with Crippen molar-refractivity contribution < 1.29 is 14.3 Å². The molecular weight excluding hydrogens is 226 g/mol. The number of hydrogen-bond donors (Lipinski definition) is 1. The Morgan fingerprint density at radius 2 is 2.19 bits per heavy atom. The highest BCUT2D eigenvalue weighted by Crippen LogP contribution is 2.17. The highest BCUT2D eigenvalue weighted by molar-refractivity contribution is 7.80. The van der Waals surface area contributed by atoms with Crippen LogP contribution in [0.2, 0.25) is 0 Å². The maximum Gasteiger partial charge on any atom is 0.410 e. The lowest BCUT2D eigenvalue weighted by atomic mass is 10.1. The monoisotopic (exact) mass is 247 g/mol. The number of ether oxygens (including phenoxy) is 2. The molecule has 0 saturated carbocycles. The van der Waals surface area contributed by atoms with Gasteiger partial charge in [-0.1, -0.05) is 0 Å². The minimum Gasteiger partial charge on any atom is -0.444 e. The van der Waals surface area contributed by atoms with Gasteiger partial charge in [-0.2, -0.15) is 12.6 Å². The number of rotatable bonds is 2. The van der Waals surface area contributed by atoms with Crippen LogP contribution in [0.3, 0.4) is 0 Å². The number of carbonyl (C=O) groups excluding carboxylic acids is 1. The van der Waals surface area contributed by atoms with Crippen molar-refractivity contribution in [2.24, 2.45) is 0 Å². The minimum absolute atomic E-state index is 0.0961. The summed E-state index contributed by atoms with van der Waals surface area (Å²) < 4.78 is 10.7. The van der Waals surface area contributed by atoms with Gasteiger partial charge >= 0.3 is 6.09 Å². The molecule has 16 heavy (non-hydrogen) atoms. The Hall–Kier alpha value is -0.420. The lowest BCUT2D eigenvalue weighted by molar-refractivity contribution is -0.00896. The van der Waals surface area contributed by atoms with Gasteiger partial charge in [0, 0.05) is 6.54 Å². The first kappa shape index (κ1) is 13.6. The van der Waals surface area contributed by atoms with E-state index in [1.807, 2.05) is 20.8 Å². The zero-order valence-electron chi connectivity index (χ0n) is 10.2. The lowest BCUT2D eigenvalue weighted by Gasteiger charge is -2.33. The molecule has 4 nitrogen and oxygen atoms in total. The van der Waals surface area contributed by atoms with Crippen molar-refractivity contribution in [2.75, 3.05) is 19.0 Å². The predicted molar refractivity (Wildman–Crippen MR) is 65.8 cm³/mol. The van der Waals surface area contributed by atoms with Gasteiger partial charge in [-0.15, -0.1) is 0 Å². The summed E-state index contributed by atoms with van der Waals surface area (Å²) >= 11 is 4.02. The second-order valence-electron chi connectivity index (χ2n) is 4.99. The third-order valence-electron chi connectivity index (χ3n) is 2.34. The quantitative estimate of drug-likeness (QED) is 0.601. The summed E-state index contributed by atoms with van der Waals surface area (Å²) in [5.74, 6) is 0.396. The van der Waals surface area contributed by atoms with Crippen LogP contribution < -0.4 is 0 Å².